The van der Waals surface area contributed by atoms with Gasteiger partial charge >= 0.3 is 24.7 Å². The Morgan fingerprint density at radius 3 is 1.54 bits per heavy atom. The Balaban J connectivity index is -0.000000951. The van der Waals surface area contributed by atoms with Gasteiger partial charge in [0, 0.05) is 25.1 Å². The van der Waals surface area contributed by atoms with E-state index < -0.39 is 82.7 Å². The number of nitrogen functional groups attached to an aromatic ring is 3. The number of hydrogen-bond acceptors (Lipinski definition) is 22. The van der Waals surface area contributed by atoms with Crippen molar-refractivity contribution in [2.24, 2.45) is 5.73 Å². The molecule has 4 aromatic rings. The van der Waals surface area contributed by atoms with E-state index in [1.165, 1.54) is 0 Å². The maximum atomic E-state index is 12.0. The summed E-state index contributed by atoms with van der Waals surface area (Å²) in [6.45, 7) is -6.30. The monoisotopic (exact) mass is 1250 g/mol. The van der Waals surface area contributed by atoms with Crippen molar-refractivity contribution in [2.45, 2.75) is 84.2 Å². The average Bonchev–Trinajstić information content (AvgIpc) is 4.12. The molecule has 0 radical (unpaired) electrons. The SMILES string of the molecule is C.C.C.FC(F)(F)COC[C@@H]1CO1.NC[C@H](O)COCC(F)(F)F.Nc1nc(CC[C@H](O)COCC(F)(F)F)nnc1-c1cccc(Cl)c1Cl.Nc1nc(Cl)nnc1Cl.Nc1nc(NC[C@H](O)COCC(F)(F)F)nnc1Cl. The highest BCUT2D eigenvalue weighted by atomic mass is 35.5. The van der Waals surface area contributed by atoms with E-state index in [1.807, 2.05) is 0 Å². The summed E-state index contributed by atoms with van der Waals surface area (Å²) in [4.78, 5) is 11.3. The first-order valence-corrected chi connectivity index (χ1v) is 22.1. The van der Waals surface area contributed by atoms with Gasteiger partial charge in [-0.25, -0.2) is 4.98 Å². The zero-order chi connectivity index (χ0) is 57.2. The molecular weight excluding hydrogens is 1200 g/mol. The molecule has 1 aromatic carbocycles. The topological polar surface area (TPSA) is 342 Å². The molecule has 5 rings (SSSR count). The van der Waals surface area contributed by atoms with Gasteiger partial charge in [0.15, 0.2) is 33.6 Å². The third-order valence-electron chi connectivity index (χ3n) is 7.45. The van der Waals surface area contributed by atoms with Crippen LogP contribution < -0.4 is 28.3 Å². The smallest absolute Gasteiger partial charge is 0.391 e. The Kier molecular flexibility index (Phi) is 38.3. The van der Waals surface area contributed by atoms with Gasteiger partial charge in [0.1, 0.15) is 38.2 Å². The van der Waals surface area contributed by atoms with Gasteiger partial charge in [-0.1, -0.05) is 80.8 Å². The number of hydrogen-bond donors (Lipinski definition) is 8. The number of nitrogens with two attached hydrogens (primary N) is 4. The maximum Gasteiger partial charge on any atom is 0.411 e. The van der Waals surface area contributed by atoms with Crippen molar-refractivity contribution in [2.75, 3.05) is 95.1 Å². The number of nitrogens with one attached hydrogen (secondary N) is 1. The van der Waals surface area contributed by atoms with Crippen LogP contribution >= 0.6 is 58.0 Å². The summed E-state index contributed by atoms with van der Waals surface area (Å²) >= 11 is 28.2. The highest BCUT2D eigenvalue weighted by molar-refractivity contribution is 6.43. The van der Waals surface area contributed by atoms with Crippen molar-refractivity contribution in [3.8, 4) is 11.3 Å². The number of aromatic nitrogens is 9. The summed E-state index contributed by atoms with van der Waals surface area (Å²) in [5.41, 5.74) is 22.1. The Labute approximate surface area is 463 Å². The molecule has 39 heteroatoms. The highest BCUT2D eigenvalue weighted by Crippen LogP contribution is 2.34. The van der Waals surface area contributed by atoms with Gasteiger partial charge in [-0.2, -0.15) is 62.7 Å². The van der Waals surface area contributed by atoms with E-state index in [1.54, 1.807) is 18.2 Å². The van der Waals surface area contributed by atoms with Crippen LogP contribution in [0.4, 0.5) is 76.1 Å². The predicted octanol–water partition coefficient (Wildman–Crippen LogP) is 7.28. The minimum atomic E-state index is -4.43. The Morgan fingerprint density at radius 2 is 1.09 bits per heavy atom. The van der Waals surface area contributed by atoms with Crippen LogP contribution in [0.25, 0.3) is 11.3 Å². The van der Waals surface area contributed by atoms with Gasteiger partial charge in [0.25, 0.3) is 0 Å². The van der Waals surface area contributed by atoms with E-state index in [4.69, 9.17) is 86.0 Å². The Morgan fingerprint density at radius 1 is 0.615 bits per heavy atom. The van der Waals surface area contributed by atoms with Crippen molar-refractivity contribution in [1.82, 2.24) is 45.5 Å². The lowest BCUT2D eigenvalue weighted by molar-refractivity contribution is -0.179. The molecule has 0 unspecified atom stereocenters. The van der Waals surface area contributed by atoms with Crippen molar-refractivity contribution in [1.29, 1.82) is 0 Å². The molecule has 3 aromatic heterocycles. The lowest BCUT2D eigenvalue weighted by Crippen LogP contribution is -2.28. The number of halogens is 17. The van der Waals surface area contributed by atoms with Gasteiger partial charge in [-0.15, -0.1) is 30.6 Å². The fourth-order valence-corrected chi connectivity index (χ4v) is 4.86. The zero-order valence-corrected chi connectivity index (χ0v) is 41.7. The molecule has 0 amide bonds. The van der Waals surface area contributed by atoms with Crippen LogP contribution in [0.5, 0.6) is 0 Å². The fourth-order valence-electron chi connectivity index (χ4n) is 4.18. The molecule has 0 spiro atoms. The van der Waals surface area contributed by atoms with Crippen LogP contribution in [0.15, 0.2) is 18.2 Å². The first kappa shape index (κ1) is 77.9. The first-order valence-electron chi connectivity index (χ1n) is 20.3. The number of rotatable bonds is 20. The molecule has 1 fully saturated rings. The quantitative estimate of drug-likeness (QED) is 0.0318. The van der Waals surface area contributed by atoms with E-state index in [2.05, 4.69) is 74.5 Å². The lowest BCUT2D eigenvalue weighted by atomic mass is 10.1. The zero-order valence-electron chi connectivity index (χ0n) is 37.9. The van der Waals surface area contributed by atoms with Crippen LogP contribution in [0.3, 0.4) is 0 Å². The second-order valence-electron chi connectivity index (χ2n) is 14.2. The summed E-state index contributed by atoms with van der Waals surface area (Å²) in [7, 11) is 0. The number of ether oxygens (including phenoxy) is 5. The van der Waals surface area contributed by atoms with Crippen LogP contribution in [0.2, 0.25) is 25.6 Å². The Hall–Kier alpha value is -4.30. The molecule has 1 aliphatic rings. The number of benzene rings is 1. The van der Waals surface area contributed by atoms with E-state index in [0.717, 1.165) is 0 Å². The molecule has 1 saturated heterocycles. The largest absolute Gasteiger partial charge is 0.411 e. The number of alkyl halides is 12. The number of nitrogens with zero attached hydrogens (tertiary/aromatic N) is 9. The van der Waals surface area contributed by atoms with Crippen LogP contribution in [-0.2, 0) is 30.1 Å². The molecule has 78 heavy (non-hydrogen) atoms. The molecule has 4 atom stereocenters. The molecule has 450 valence electrons. The van der Waals surface area contributed by atoms with Gasteiger partial charge < -0.3 is 67.3 Å². The third kappa shape index (κ3) is 39.1. The molecule has 1 aliphatic heterocycles. The number of anilines is 4. The number of aryl methyl sites for hydroxylation is 1. The van der Waals surface area contributed by atoms with Crippen LogP contribution in [-0.4, -0.2) is 183 Å². The standard InChI is InChI=1S/C15H15Cl2F3N4O2.C8H11ClF3N5O2.C5H10F3NO2.C5H7F3O2.C3H2Cl2N4.3CH4/c16-10-3-1-2-9(12(10)17)13-14(21)22-11(23-24-13)5-4-8(25)6-26-7-15(18,19)20;9-5-6(13)15-7(17-16-5)14-1-4(18)2-19-3-8(10,11)12;6-5(7,8)3-11-2-4(10)1-9;6-5(7,8)3-9-1-4-2-10-4;4-1-2(6)7-3(5)9-8-1;;;/h1-3,8,25H,4-7H2,(H2,21,22,23);4,18H,1-3H2,(H3,13,14,15,17);4,10H,1-3,9H2;4H,1-3H2;(H2,6,7,9);3*1H4/t8-;3*4-;;;;/m0001..../s1. The molecule has 12 N–H and O–H groups in total. The maximum absolute atomic E-state index is 12.0. The second kappa shape index (κ2) is 38.4. The van der Waals surface area contributed by atoms with Gasteiger partial charge in [-0.3, -0.25) is 0 Å². The predicted molar refractivity (Wildman–Crippen MR) is 265 cm³/mol. The van der Waals surface area contributed by atoms with E-state index in [0.29, 0.717) is 17.2 Å². The highest BCUT2D eigenvalue weighted by Gasteiger charge is 2.31. The summed E-state index contributed by atoms with van der Waals surface area (Å²) in [6, 6.07) is 4.95. The summed E-state index contributed by atoms with van der Waals surface area (Å²) < 4.78 is 161. The number of epoxide rings is 1. The fraction of sp³-hybridized carbons (Fsp3) is 0.615. The minimum absolute atomic E-state index is 0. The molecule has 0 saturated carbocycles. The van der Waals surface area contributed by atoms with E-state index >= 15 is 0 Å². The first-order chi connectivity index (χ1) is 34.7. The molecule has 0 bridgehead atoms. The molecular formula is C39H57Cl5F12N14O8. The van der Waals surface area contributed by atoms with Gasteiger partial charge in [0.2, 0.25) is 11.2 Å². The Bertz CT molecular complexity index is 2280. The van der Waals surface area contributed by atoms with E-state index in [9.17, 15) is 62.9 Å². The van der Waals surface area contributed by atoms with Crippen molar-refractivity contribution in [3.63, 3.8) is 0 Å². The summed E-state index contributed by atoms with van der Waals surface area (Å²) in [5.74, 6) is 0.344. The molecule has 0 aliphatic carbocycles. The van der Waals surface area contributed by atoms with Crippen molar-refractivity contribution < 1.29 is 91.7 Å². The molecule has 4 heterocycles. The van der Waals surface area contributed by atoms with Gasteiger partial charge in [-0.05, 0) is 24.1 Å². The van der Waals surface area contributed by atoms with E-state index in [-0.39, 0.29) is 123 Å². The van der Waals surface area contributed by atoms with Crippen molar-refractivity contribution in [3.05, 3.63) is 49.7 Å². The number of aliphatic hydroxyl groups is 3. The van der Waals surface area contributed by atoms with Crippen LogP contribution in [0.1, 0.15) is 34.5 Å². The average molecular weight is 1260 g/mol. The van der Waals surface area contributed by atoms with Crippen molar-refractivity contribution >= 4 is 81.4 Å². The summed E-state index contributed by atoms with van der Waals surface area (Å²) in [6.07, 6.45) is -20.5. The molecule has 22 nitrogen and oxygen atoms in total. The minimum Gasteiger partial charge on any atom is -0.391 e. The lowest BCUT2D eigenvalue weighted by Gasteiger charge is -2.13. The third-order valence-corrected chi connectivity index (χ3v) is 8.97. The number of aliphatic hydroxyl groups excluding tert-OH is 3. The second-order valence-corrected chi connectivity index (χ2v) is 16.1. The van der Waals surface area contributed by atoms with Crippen LogP contribution in [0, 0.1) is 0 Å². The summed E-state index contributed by atoms with van der Waals surface area (Å²) in [5, 5.41) is 52.3. The van der Waals surface area contributed by atoms with Gasteiger partial charge in [0.05, 0.1) is 61.4 Å². The normalized spacial score (nSPS) is 14.0.